The second-order valence-electron chi connectivity index (χ2n) is 9.91. The lowest BCUT2D eigenvalue weighted by molar-refractivity contribution is -0.0721. The van der Waals surface area contributed by atoms with E-state index in [9.17, 15) is 0 Å². The molecule has 3 heterocycles. The Hall–Kier alpha value is -0.120. The number of nitrogens with one attached hydrogen (secondary N) is 1. The molecule has 176 valence electrons. The van der Waals surface area contributed by atoms with Crippen molar-refractivity contribution in [3.05, 3.63) is 0 Å². The van der Waals surface area contributed by atoms with Crippen LogP contribution in [0.3, 0.4) is 0 Å². The smallest absolute Gasteiger partial charge is 0.193 e. The number of halogens is 1. The van der Waals surface area contributed by atoms with Crippen molar-refractivity contribution in [3.8, 4) is 0 Å². The van der Waals surface area contributed by atoms with Gasteiger partial charge in [0.05, 0.1) is 18.8 Å². The molecule has 3 aliphatic rings. The zero-order chi connectivity index (χ0) is 20.7. The second kappa shape index (κ2) is 12.8. The maximum atomic E-state index is 6.17. The molecule has 0 amide bonds. The van der Waals surface area contributed by atoms with Crippen LogP contribution in [0.5, 0.6) is 0 Å². The first-order valence-corrected chi connectivity index (χ1v) is 11.9. The normalized spacial score (nSPS) is 27.6. The van der Waals surface area contributed by atoms with Crippen LogP contribution in [0.15, 0.2) is 4.99 Å². The molecule has 0 aromatic carbocycles. The molecule has 0 aliphatic carbocycles. The van der Waals surface area contributed by atoms with E-state index in [0.29, 0.717) is 12.2 Å². The molecular formula is C23H45IN4O2. The third-order valence-electron chi connectivity index (χ3n) is 6.94. The Bertz CT molecular complexity index is 517. The minimum absolute atomic E-state index is 0. The highest BCUT2D eigenvalue weighted by Gasteiger charge is 2.31. The highest BCUT2D eigenvalue weighted by molar-refractivity contribution is 14.0. The minimum Gasteiger partial charge on any atom is -0.376 e. The third kappa shape index (κ3) is 7.78. The maximum Gasteiger partial charge on any atom is 0.193 e. The van der Waals surface area contributed by atoms with Crippen molar-refractivity contribution >= 4 is 29.9 Å². The Kier molecular flexibility index (Phi) is 11.1. The molecular weight excluding hydrogens is 491 g/mol. The van der Waals surface area contributed by atoms with Gasteiger partial charge in [0.15, 0.2) is 5.96 Å². The molecule has 0 spiro atoms. The van der Waals surface area contributed by atoms with Crippen LogP contribution in [0.25, 0.3) is 0 Å². The second-order valence-corrected chi connectivity index (χ2v) is 9.91. The summed E-state index contributed by atoms with van der Waals surface area (Å²) in [4.78, 5) is 9.61. The first kappa shape index (κ1) is 26.1. The Morgan fingerprint density at radius 2 is 1.87 bits per heavy atom. The van der Waals surface area contributed by atoms with Gasteiger partial charge in [-0.25, -0.2) is 0 Å². The maximum absolute atomic E-state index is 6.17. The highest BCUT2D eigenvalue weighted by atomic mass is 127. The zero-order valence-corrected chi connectivity index (χ0v) is 22.0. The van der Waals surface area contributed by atoms with Gasteiger partial charge in [-0.1, -0.05) is 6.92 Å². The van der Waals surface area contributed by atoms with Gasteiger partial charge in [0, 0.05) is 45.4 Å². The molecule has 7 heteroatoms. The van der Waals surface area contributed by atoms with Crippen LogP contribution in [0.1, 0.15) is 65.7 Å². The van der Waals surface area contributed by atoms with Crippen molar-refractivity contribution < 1.29 is 9.47 Å². The first-order chi connectivity index (χ1) is 14.0. The summed E-state index contributed by atoms with van der Waals surface area (Å²) in [6.07, 6.45) is 9.14. The van der Waals surface area contributed by atoms with E-state index in [-0.39, 0.29) is 29.5 Å². The zero-order valence-electron chi connectivity index (χ0n) is 19.7. The summed E-state index contributed by atoms with van der Waals surface area (Å²) in [5, 5.41) is 3.66. The number of nitrogens with zero attached hydrogens (tertiary/aromatic N) is 3. The molecule has 30 heavy (non-hydrogen) atoms. The highest BCUT2D eigenvalue weighted by Crippen LogP contribution is 2.23. The fourth-order valence-corrected chi connectivity index (χ4v) is 4.90. The van der Waals surface area contributed by atoms with Crippen LogP contribution in [-0.4, -0.2) is 86.5 Å². The molecule has 0 radical (unpaired) electrons. The van der Waals surface area contributed by atoms with E-state index >= 15 is 0 Å². The number of aliphatic imine (C=N–C) groups is 1. The van der Waals surface area contributed by atoms with Crippen LogP contribution >= 0.6 is 24.0 Å². The van der Waals surface area contributed by atoms with Crippen LogP contribution in [0, 0.1) is 5.92 Å². The van der Waals surface area contributed by atoms with Crippen molar-refractivity contribution in [2.24, 2.45) is 10.9 Å². The number of hydrogen-bond donors (Lipinski definition) is 1. The van der Waals surface area contributed by atoms with Crippen molar-refractivity contribution in [2.45, 2.75) is 83.5 Å². The molecule has 6 nitrogen and oxygen atoms in total. The van der Waals surface area contributed by atoms with E-state index in [1.165, 1.54) is 38.8 Å². The number of ether oxygens (including phenoxy) is 2. The van der Waals surface area contributed by atoms with Crippen LogP contribution in [0.2, 0.25) is 0 Å². The number of likely N-dealkylation sites (tertiary alicyclic amines) is 2. The summed E-state index contributed by atoms with van der Waals surface area (Å²) in [7, 11) is 1.90. The van der Waals surface area contributed by atoms with Crippen molar-refractivity contribution in [2.75, 3.05) is 53.0 Å². The number of guanidine groups is 1. The third-order valence-corrected chi connectivity index (χ3v) is 6.94. The largest absolute Gasteiger partial charge is 0.376 e. The van der Waals surface area contributed by atoms with Crippen molar-refractivity contribution in [3.63, 3.8) is 0 Å². The SMILES string of the molecule is CN=C(NCC(C)(C)N1CCCC(C)C1)N1CCC(OCC2CCCCO2)CC1.I. The van der Waals surface area contributed by atoms with Gasteiger partial charge in [-0.05, 0) is 71.3 Å². The summed E-state index contributed by atoms with van der Waals surface area (Å²) in [5.41, 5.74) is 0.145. The number of piperidine rings is 2. The molecule has 3 aliphatic heterocycles. The lowest BCUT2D eigenvalue weighted by Gasteiger charge is -2.44. The average Bonchev–Trinajstić information content (AvgIpc) is 2.74. The molecule has 2 unspecified atom stereocenters. The van der Waals surface area contributed by atoms with Gasteiger partial charge in [0.25, 0.3) is 0 Å². The average molecular weight is 537 g/mol. The van der Waals surface area contributed by atoms with Gasteiger partial charge < -0.3 is 19.7 Å². The van der Waals surface area contributed by atoms with E-state index in [2.05, 4.69) is 40.9 Å². The van der Waals surface area contributed by atoms with E-state index in [0.717, 1.165) is 64.0 Å². The summed E-state index contributed by atoms with van der Waals surface area (Å²) >= 11 is 0. The Balaban J connectivity index is 0.00000320. The predicted octanol–water partition coefficient (Wildman–Crippen LogP) is 3.74. The fourth-order valence-electron chi connectivity index (χ4n) is 4.90. The summed E-state index contributed by atoms with van der Waals surface area (Å²) < 4.78 is 12.0. The minimum atomic E-state index is 0. The Labute approximate surface area is 201 Å². The van der Waals surface area contributed by atoms with Crippen molar-refractivity contribution in [1.82, 2.24) is 15.1 Å². The molecule has 0 saturated carbocycles. The van der Waals surface area contributed by atoms with E-state index in [1.807, 2.05) is 7.05 Å². The Morgan fingerprint density at radius 3 is 2.50 bits per heavy atom. The number of hydrogen-bond acceptors (Lipinski definition) is 4. The molecule has 0 aromatic rings. The molecule has 2 atom stereocenters. The summed E-state index contributed by atoms with van der Waals surface area (Å²) in [5.74, 6) is 1.84. The van der Waals surface area contributed by atoms with Crippen LogP contribution in [0.4, 0.5) is 0 Å². The molecule has 3 fully saturated rings. The first-order valence-electron chi connectivity index (χ1n) is 11.9. The van der Waals surface area contributed by atoms with Gasteiger partial charge in [-0.15, -0.1) is 24.0 Å². The monoisotopic (exact) mass is 536 g/mol. The van der Waals surface area contributed by atoms with E-state index in [4.69, 9.17) is 9.47 Å². The van der Waals surface area contributed by atoms with Gasteiger partial charge in [0.2, 0.25) is 0 Å². The van der Waals surface area contributed by atoms with Gasteiger partial charge >= 0.3 is 0 Å². The van der Waals surface area contributed by atoms with Crippen LogP contribution < -0.4 is 5.32 Å². The predicted molar refractivity (Wildman–Crippen MR) is 135 cm³/mol. The molecule has 3 saturated heterocycles. The van der Waals surface area contributed by atoms with Crippen molar-refractivity contribution in [1.29, 1.82) is 0 Å². The molecule has 0 bridgehead atoms. The fraction of sp³-hybridized carbons (Fsp3) is 0.957. The van der Waals surface area contributed by atoms with E-state index in [1.54, 1.807) is 0 Å². The number of rotatable bonds is 6. The topological polar surface area (TPSA) is 49.3 Å². The lowest BCUT2D eigenvalue weighted by atomic mass is 9.93. The standard InChI is InChI=1S/C23H44N4O2.HI/c1-19-8-7-12-27(16-19)23(2,3)18-25-22(24-4)26-13-10-20(11-14-26)29-17-21-9-5-6-15-28-21;/h19-21H,5-18H2,1-4H3,(H,24,25);1H. The van der Waals surface area contributed by atoms with E-state index < -0.39 is 0 Å². The van der Waals surface area contributed by atoms with Gasteiger partial charge in [0.1, 0.15) is 0 Å². The Morgan fingerprint density at radius 1 is 1.10 bits per heavy atom. The lowest BCUT2D eigenvalue weighted by Crippen LogP contribution is -2.57. The summed E-state index contributed by atoms with van der Waals surface area (Å²) in [6.45, 7) is 14.1. The molecule has 0 aromatic heterocycles. The molecule has 1 N–H and O–H groups in total. The summed E-state index contributed by atoms with van der Waals surface area (Å²) in [6, 6.07) is 0. The molecule has 3 rings (SSSR count). The quantitative estimate of drug-likeness (QED) is 0.319. The van der Waals surface area contributed by atoms with Gasteiger partial charge in [-0.2, -0.15) is 0 Å². The van der Waals surface area contributed by atoms with Gasteiger partial charge in [-0.3, -0.25) is 9.89 Å². The van der Waals surface area contributed by atoms with Crippen LogP contribution in [-0.2, 0) is 9.47 Å².